The number of rotatable bonds is 8. The Hall–Kier alpha value is -3.29. The van der Waals surface area contributed by atoms with Crippen LogP contribution in [-0.4, -0.2) is 37.7 Å². The molecule has 0 radical (unpaired) electrons. The highest BCUT2D eigenvalue weighted by molar-refractivity contribution is 8.26. The lowest BCUT2D eigenvalue weighted by Gasteiger charge is -2.13. The Bertz CT molecular complexity index is 1210. The van der Waals surface area contributed by atoms with Crippen LogP contribution in [0, 0.1) is 0 Å². The van der Waals surface area contributed by atoms with Gasteiger partial charge in [-0.2, -0.15) is 0 Å². The van der Waals surface area contributed by atoms with Gasteiger partial charge in [-0.15, -0.1) is 0 Å². The number of thioether (sulfide) groups is 1. The van der Waals surface area contributed by atoms with Crippen LogP contribution in [0.1, 0.15) is 25.0 Å². The van der Waals surface area contributed by atoms with Crippen LogP contribution < -0.4 is 0 Å². The molecule has 7 heteroatoms. The van der Waals surface area contributed by atoms with Crippen molar-refractivity contribution in [2.45, 2.75) is 19.3 Å². The van der Waals surface area contributed by atoms with E-state index in [1.165, 1.54) is 11.8 Å². The van der Waals surface area contributed by atoms with Crippen LogP contribution in [0.25, 0.3) is 28.5 Å². The fraction of sp³-hybridized carbons (Fsp3) is 0.154. The van der Waals surface area contributed by atoms with Gasteiger partial charge in [0.15, 0.2) is 0 Å². The summed E-state index contributed by atoms with van der Waals surface area (Å²) >= 11 is 6.61. The Morgan fingerprint density at radius 3 is 2.36 bits per heavy atom. The SMILES string of the molecule is O=C(O)CCCCN1C(=O)/C(=C/c2cccc(-c3ccc(-c4ccccc4)cc3)n2)SC1=S. The van der Waals surface area contributed by atoms with Crippen molar-refractivity contribution in [2.24, 2.45) is 0 Å². The second-order valence-electron chi connectivity index (χ2n) is 7.58. The monoisotopic (exact) mass is 474 g/mol. The maximum atomic E-state index is 12.8. The third-order valence-corrected chi connectivity index (χ3v) is 6.61. The number of carbonyl (C=O) groups excluding carboxylic acids is 1. The standard InChI is InChI=1S/C26H22N2O3S2/c29-24(30)11-4-5-16-28-25(31)23(33-26(28)32)17-21-9-6-10-22(27-21)20-14-12-19(13-15-20)18-7-2-1-3-8-18/h1-3,6-10,12-15,17H,4-5,11,16H2,(H,29,30)/b23-17-. The Kier molecular flexibility index (Phi) is 7.32. The van der Waals surface area contributed by atoms with Crippen molar-refractivity contribution in [2.75, 3.05) is 6.54 Å². The Balaban J connectivity index is 1.47. The minimum absolute atomic E-state index is 0.0909. The van der Waals surface area contributed by atoms with Crippen LogP contribution in [0.4, 0.5) is 0 Å². The minimum atomic E-state index is -0.832. The van der Waals surface area contributed by atoms with Gasteiger partial charge in [-0.3, -0.25) is 14.5 Å². The first-order valence-electron chi connectivity index (χ1n) is 10.6. The number of carboxylic acid groups (broad SMARTS) is 1. The largest absolute Gasteiger partial charge is 0.481 e. The molecule has 1 saturated heterocycles. The molecule has 3 aromatic rings. The van der Waals surface area contributed by atoms with Gasteiger partial charge in [0.25, 0.3) is 5.91 Å². The van der Waals surface area contributed by atoms with E-state index in [4.69, 9.17) is 22.3 Å². The first kappa shape index (κ1) is 22.9. The van der Waals surface area contributed by atoms with Crippen LogP contribution in [-0.2, 0) is 9.59 Å². The van der Waals surface area contributed by atoms with E-state index in [0.717, 1.165) is 22.4 Å². The third-order valence-electron chi connectivity index (χ3n) is 5.23. The van der Waals surface area contributed by atoms with E-state index in [0.29, 0.717) is 34.3 Å². The van der Waals surface area contributed by atoms with Crippen molar-refractivity contribution in [3.05, 3.63) is 83.4 Å². The first-order valence-corrected chi connectivity index (χ1v) is 11.8. The molecule has 1 aliphatic rings. The van der Waals surface area contributed by atoms with E-state index in [1.54, 1.807) is 11.0 Å². The summed E-state index contributed by atoms with van der Waals surface area (Å²) in [6.45, 7) is 0.427. The number of thiocarbonyl (C=S) groups is 1. The number of carbonyl (C=O) groups is 2. The van der Waals surface area contributed by atoms with E-state index in [9.17, 15) is 9.59 Å². The van der Waals surface area contributed by atoms with Crippen molar-refractivity contribution < 1.29 is 14.7 Å². The molecule has 0 spiro atoms. The van der Waals surface area contributed by atoms with Gasteiger partial charge in [0, 0.05) is 18.5 Å². The molecule has 1 aromatic heterocycles. The fourth-order valence-electron chi connectivity index (χ4n) is 3.53. The van der Waals surface area contributed by atoms with Gasteiger partial charge in [0.1, 0.15) is 4.32 Å². The highest BCUT2D eigenvalue weighted by Crippen LogP contribution is 2.33. The average Bonchev–Trinajstić information content (AvgIpc) is 3.09. The number of nitrogens with zero attached hydrogens (tertiary/aromatic N) is 2. The van der Waals surface area contributed by atoms with E-state index in [2.05, 4.69) is 24.3 Å². The van der Waals surface area contributed by atoms with E-state index in [-0.39, 0.29) is 12.3 Å². The zero-order valence-corrected chi connectivity index (χ0v) is 19.4. The maximum Gasteiger partial charge on any atom is 0.303 e. The molecular weight excluding hydrogens is 452 g/mol. The van der Waals surface area contributed by atoms with Gasteiger partial charge in [0.2, 0.25) is 0 Å². The first-order chi connectivity index (χ1) is 16.0. The Morgan fingerprint density at radius 1 is 0.939 bits per heavy atom. The predicted octanol–water partition coefficient (Wildman–Crippen LogP) is 5.87. The number of aromatic nitrogens is 1. The molecule has 4 rings (SSSR count). The molecule has 0 aliphatic carbocycles. The molecule has 0 bridgehead atoms. The Morgan fingerprint density at radius 2 is 1.64 bits per heavy atom. The lowest BCUT2D eigenvalue weighted by atomic mass is 10.0. The predicted molar refractivity (Wildman–Crippen MR) is 136 cm³/mol. The number of hydrogen-bond donors (Lipinski definition) is 1. The van der Waals surface area contributed by atoms with Gasteiger partial charge in [0.05, 0.1) is 16.3 Å². The summed E-state index contributed by atoms with van der Waals surface area (Å²) in [5.41, 5.74) is 4.81. The number of amides is 1. The summed E-state index contributed by atoms with van der Waals surface area (Å²) in [4.78, 5) is 30.2. The number of hydrogen-bond acceptors (Lipinski definition) is 5. The maximum absolute atomic E-state index is 12.8. The van der Waals surface area contributed by atoms with Crippen molar-refractivity contribution in [1.82, 2.24) is 9.88 Å². The normalized spacial score (nSPS) is 14.8. The molecule has 0 unspecified atom stereocenters. The molecule has 33 heavy (non-hydrogen) atoms. The number of carboxylic acids is 1. The fourth-order valence-corrected chi connectivity index (χ4v) is 4.82. The zero-order chi connectivity index (χ0) is 23.2. The number of aliphatic carboxylic acids is 1. The molecule has 2 heterocycles. The molecule has 1 amide bonds. The lowest BCUT2D eigenvalue weighted by molar-refractivity contribution is -0.137. The summed E-state index contributed by atoms with van der Waals surface area (Å²) < 4.78 is 0.495. The average molecular weight is 475 g/mol. The lowest BCUT2D eigenvalue weighted by Crippen LogP contribution is -2.29. The summed E-state index contributed by atoms with van der Waals surface area (Å²) in [5, 5.41) is 8.76. The van der Waals surface area contributed by atoms with Gasteiger partial charge in [-0.1, -0.05) is 84.6 Å². The van der Waals surface area contributed by atoms with Crippen LogP contribution in [0.2, 0.25) is 0 Å². The van der Waals surface area contributed by atoms with Crippen LogP contribution in [0.3, 0.4) is 0 Å². The topological polar surface area (TPSA) is 70.5 Å². The molecule has 1 N–H and O–H groups in total. The highest BCUT2D eigenvalue weighted by Gasteiger charge is 2.31. The number of benzene rings is 2. The third kappa shape index (κ3) is 5.74. The van der Waals surface area contributed by atoms with Crippen molar-refractivity contribution in [3.8, 4) is 22.4 Å². The molecule has 5 nitrogen and oxygen atoms in total. The number of unbranched alkanes of at least 4 members (excludes halogenated alkanes) is 1. The quantitative estimate of drug-likeness (QED) is 0.250. The smallest absolute Gasteiger partial charge is 0.303 e. The highest BCUT2D eigenvalue weighted by atomic mass is 32.2. The summed E-state index contributed by atoms with van der Waals surface area (Å²) in [7, 11) is 0. The minimum Gasteiger partial charge on any atom is -0.481 e. The van der Waals surface area contributed by atoms with Crippen LogP contribution in [0.5, 0.6) is 0 Å². The molecule has 2 aromatic carbocycles. The molecule has 1 aliphatic heterocycles. The second kappa shape index (κ2) is 10.6. The van der Waals surface area contributed by atoms with Gasteiger partial charge < -0.3 is 5.11 Å². The van der Waals surface area contributed by atoms with Crippen LogP contribution >= 0.6 is 24.0 Å². The van der Waals surface area contributed by atoms with Gasteiger partial charge >= 0.3 is 5.97 Å². The van der Waals surface area contributed by atoms with Gasteiger partial charge in [-0.25, -0.2) is 4.98 Å². The molecule has 0 atom stereocenters. The van der Waals surface area contributed by atoms with E-state index < -0.39 is 5.97 Å². The number of pyridine rings is 1. The summed E-state index contributed by atoms with van der Waals surface area (Å²) in [6, 6.07) is 24.2. The zero-order valence-electron chi connectivity index (χ0n) is 17.8. The molecule has 0 saturated carbocycles. The van der Waals surface area contributed by atoms with Crippen LogP contribution in [0.15, 0.2) is 77.7 Å². The van der Waals surface area contributed by atoms with Crippen molar-refractivity contribution in [1.29, 1.82) is 0 Å². The van der Waals surface area contributed by atoms with Crippen molar-refractivity contribution >= 4 is 46.3 Å². The Labute approximate surface area is 202 Å². The molecular formula is C26H22N2O3S2. The summed E-state index contributed by atoms with van der Waals surface area (Å²) in [6.07, 6.45) is 2.96. The summed E-state index contributed by atoms with van der Waals surface area (Å²) in [5.74, 6) is -0.985. The van der Waals surface area contributed by atoms with Crippen molar-refractivity contribution in [3.63, 3.8) is 0 Å². The molecule has 1 fully saturated rings. The van der Waals surface area contributed by atoms with Gasteiger partial charge in [-0.05, 0) is 42.2 Å². The van der Waals surface area contributed by atoms with E-state index >= 15 is 0 Å². The molecule has 166 valence electrons. The van der Waals surface area contributed by atoms with E-state index in [1.807, 2.05) is 48.5 Å². The second-order valence-corrected chi connectivity index (χ2v) is 9.25.